The molecule has 112 valence electrons. The molecule has 0 N–H and O–H groups in total. The van der Waals surface area contributed by atoms with Gasteiger partial charge in [0.15, 0.2) is 0 Å². The van der Waals surface area contributed by atoms with Crippen LogP contribution in [-0.2, 0) is 23.1 Å². The number of rotatable bonds is 9. The van der Waals surface area contributed by atoms with Crippen LogP contribution in [0.4, 0.5) is 13.2 Å². The lowest BCUT2D eigenvalue weighted by Gasteiger charge is -2.19. The lowest BCUT2D eigenvalue weighted by Crippen LogP contribution is -2.10. The third-order valence-corrected chi connectivity index (χ3v) is 3.63. The molecule has 0 saturated carbocycles. The summed E-state index contributed by atoms with van der Waals surface area (Å²) in [7, 11) is -4.15. The number of alkyl halides is 3. The highest BCUT2D eigenvalue weighted by atomic mass is 31.2. The van der Waals surface area contributed by atoms with Crippen LogP contribution in [0.5, 0.6) is 0 Å². The number of hydrogen-bond donors (Lipinski definition) is 0. The van der Waals surface area contributed by atoms with Crippen molar-refractivity contribution in [1.29, 1.82) is 0 Å². The van der Waals surface area contributed by atoms with E-state index >= 15 is 0 Å². The molecule has 0 spiro atoms. The van der Waals surface area contributed by atoms with E-state index in [9.17, 15) is 22.5 Å². The van der Waals surface area contributed by atoms with Gasteiger partial charge >= 0.3 is 13.6 Å². The smallest absolute Gasteiger partial charge is 0.396 e. The summed E-state index contributed by atoms with van der Waals surface area (Å²) in [6.45, 7) is 1.72. The Balaban J connectivity index is 5.20. The van der Waals surface area contributed by atoms with E-state index in [1.807, 2.05) is 0 Å². The van der Waals surface area contributed by atoms with Gasteiger partial charge in [0, 0.05) is 6.08 Å². The van der Waals surface area contributed by atoms with Gasteiger partial charge in [0.05, 0.1) is 26.3 Å². The largest absolute Gasteiger partial charge is 0.418 e. The van der Waals surface area contributed by atoms with Crippen LogP contribution in [0.25, 0.3) is 0 Å². The second kappa shape index (κ2) is 9.12. The zero-order chi connectivity index (χ0) is 14.9. The first kappa shape index (κ1) is 18.1. The predicted octanol–water partition coefficient (Wildman–Crippen LogP) is 3.26. The minimum absolute atomic E-state index is 0.0987. The minimum atomic E-state index is -4.15. The molecule has 0 rings (SSSR count). The van der Waals surface area contributed by atoms with Crippen LogP contribution in [0.3, 0.4) is 0 Å². The number of esters is 1. The lowest BCUT2D eigenvalue weighted by molar-refractivity contribution is -0.139. The lowest BCUT2D eigenvalue weighted by atomic mass is 10.5. The fraction of sp³-hybridized carbons (Fsp3) is 0.700. The molecular weight excluding hydrogens is 288 g/mol. The van der Waals surface area contributed by atoms with Crippen molar-refractivity contribution in [3.8, 4) is 0 Å². The normalized spacial score (nSPS) is 12.8. The minimum Gasteiger partial charge on any atom is -0.418 e. The molecule has 0 aliphatic heterocycles. The van der Waals surface area contributed by atoms with Crippen LogP contribution in [-0.4, -0.2) is 32.3 Å². The fourth-order valence-electron chi connectivity index (χ4n) is 1.04. The van der Waals surface area contributed by atoms with E-state index in [1.54, 1.807) is 0 Å². The summed E-state index contributed by atoms with van der Waals surface area (Å²) < 4.78 is 62.8. The van der Waals surface area contributed by atoms with Gasteiger partial charge in [0.2, 0.25) is 5.50 Å². The van der Waals surface area contributed by atoms with E-state index in [-0.39, 0.29) is 19.3 Å². The van der Waals surface area contributed by atoms with E-state index < -0.39 is 38.6 Å². The SMILES string of the molecule is CCOP(=O)(OCC)/C(=C/C(F)F)OC(=O)CCF. The van der Waals surface area contributed by atoms with Crippen LogP contribution < -0.4 is 0 Å². The van der Waals surface area contributed by atoms with Gasteiger partial charge in [0.1, 0.15) is 0 Å². The molecule has 0 aromatic rings. The number of carbonyl (C=O) groups is 1. The van der Waals surface area contributed by atoms with Gasteiger partial charge < -0.3 is 13.8 Å². The molecule has 5 nitrogen and oxygen atoms in total. The molecule has 0 fully saturated rings. The number of ether oxygens (including phenoxy) is 1. The van der Waals surface area contributed by atoms with E-state index in [2.05, 4.69) is 4.74 Å². The van der Waals surface area contributed by atoms with Crippen molar-refractivity contribution in [2.45, 2.75) is 26.7 Å². The van der Waals surface area contributed by atoms with Crippen molar-refractivity contribution < 1.29 is 36.3 Å². The Labute approximate surface area is 109 Å². The molecule has 0 atom stereocenters. The van der Waals surface area contributed by atoms with E-state index in [4.69, 9.17) is 9.05 Å². The maximum atomic E-state index is 12.4. The molecule has 0 amide bonds. The van der Waals surface area contributed by atoms with Crippen LogP contribution in [0.1, 0.15) is 20.3 Å². The van der Waals surface area contributed by atoms with Gasteiger partial charge in [-0.3, -0.25) is 13.8 Å². The molecule has 0 aromatic heterocycles. The van der Waals surface area contributed by atoms with Crippen LogP contribution in [0, 0.1) is 0 Å². The van der Waals surface area contributed by atoms with Gasteiger partial charge in [0.25, 0.3) is 6.43 Å². The third kappa shape index (κ3) is 6.75. The zero-order valence-corrected chi connectivity index (χ0v) is 11.5. The maximum absolute atomic E-state index is 12.4. The highest BCUT2D eigenvalue weighted by Gasteiger charge is 2.34. The first-order valence-corrected chi connectivity index (χ1v) is 7.10. The van der Waals surface area contributed by atoms with Crippen LogP contribution in [0.15, 0.2) is 11.6 Å². The molecule has 0 aliphatic carbocycles. The zero-order valence-electron chi connectivity index (χ0n) is 10.6. The third-order valence-electron chi connectivity index (χ3n) is 1.65. The first-order chi connectivity index (χ1) is 8.89. The van der Waals surface area contributed by atoms with Crippen molar-refractivity contribution in [3.63, 3.8) is 0 Å². The summed E-state index contributed by atoms with van der Waals surface area (Å²) in [4.78, 5) is 11.1. The van der Waals surface area contributed by atoms with Gasteiger partial charge in [-0.25, -0.2) is 8.78 Å². The Morgan fingerprint density at radius 3 is 2.16 bits per heavy atom. The Morgan fingerprint density at radius 1 is 1.26 bits per heavy atom. The second-order valence-electron chi connectivity index (χ2n) is 3.09. The molecule has 0 heterocycles. The molecule has 19 heavy (non-hydrogen) atoms. The Morgan fingerprint density at radius 2 is 1.79 bits per heavy atom. The standard InChI is InChI=1S/C10H16F3O5P/c1-3-16-19(15,17-4-2)10(7-8(12)13)18-9(14)5-6-11/h7-8H,3-6H2,1-2H3/b10-7+. The summed E-state index contributed by atoms with van der Waals surface area (Å²) in [5.74, 6) is -1.13. The molecule has 0 aromatic carbocycles. The average molecular weight is 304 g/mol. The van der Waals surface area contributed by atoms with Crippen LogP contribution in [0.2, 0.25) is 0 Å². The number of hydrogen-bond acceptors (Lipinski definition) is 5. The highest BCUT2D eigenvalue weighted by Crippen LogP contribution is 2.56. The van der Waals surface area contributed by atoms with Crippen molar-refractivity contribution in [1.82, 2.24) is 0 Å². The Kier molecular flexibility index (Phi) is 8.71. The Hall–Kier alpha value is -0.850. The van der Waals surface area contributed by atoms with Gasteiger partial charge in [-0.1, -0.05) is 0 Å². The van der Waals surface area contributed by atoms with Crippen molar-refractivity contribution in [2.75, 3.05) is 19.9 Å². The number of allylic oxidation sites excluding steroid dienone is 1. The summed E-state index contributed by atoms with van der Waals surface area (Å²) >= 11 is 0. The molecule has 0 radical (unpaired) electrons. The average Bonchev–Trinajstić information content (AvgIpc) is 2.28. The summed E-state index contributed by atoms with van der Waals surface area (Å²) in [5, 5.41) is 0. The number of halogens is 3. The maximum Gasteiger partial charge on any atom is 0.396 e. The van der Waals surface area contributed by atoms with Crippen molar-refractivity contribution in [2.24, 2.45) is 0 Å². The van der Waals surface area contributed by atoms with Crippen LogP contribution >= 0.6 is 7.60 Å². The molecule has 0 unspecified atom stereocenters. The van der Waals surface area contributed by atoms with Crippen molar-refractivity contribution in [3.05, 3.63) is 11.6 Å². The van der Waals surface area contributed by atoms with E-state index in [0.29, 0.717) is 0 Å². The molecular formula is C10H16F3O5P. The van der Waals surface area contributed by atoms with E-state index in [1.165, 1.54) is 13.8 Å². The molecule has 0 saturated heterocycles. The van der Waals surface area contributed by atoms with Gasteiger partial charge in [-0.2, -0.15) is 0 Å². The Bertz CT molecular complexity index is 349. The summed E-state index contributed by atoms with van der Waals surface area (Å²) in [6.07, 6.45) is -3.51. The van der Waals surface area contributed by atoms with Gasteiger partial charge in [-0.15, -0.1) is 0 Å². The first-order valence-electron chi connectivity index (χ1n) is 5.55. The molecule has 0 aliphatic rings. The van der Waals surface area contributed by atoms with E-state index in [0.717, 1.165) is 0 Å². The summed E-state index contributed by atoms with van der Waals surface area (Å²) in [6, 6.07) is 0. The summed E-state index contributed by atoms with van der Waals surface area (Å²) in [5.41, 5.74) is -0.912. The monoisotopic (exact) mass is 304 g/mol. The fourth-order valence-corrected chi connectivity index (χ4v) is 2.56. The second-order valence-corrected chi connectivity index (χ2v) is 5.04. The number of carbonyl (C=O) groups excluding carboxylic acids is 1. The predicted molar refractivity (Wildman–Crippen MR) is 61.6 cm³/mol. The molecule has 0 bridgehead atoms. The quantitative estimate of drug-likeness (QED) is 0.372. The van der Waals surface area contributed by atoms with Gasteiger partial charge in [-0.05, 0) is 13.8 Å². The van der Waals surface area contributed by atoms with Crippen molar-refractivity contribution >= 4 is 13.6 Å². The topological polar surface area (TPSA) is 61.8 Å². The highest BCUT2D eigenvalue weighted by molar-refractivity contribution is 7.58. The molecule has 9 heteroatoms.